The molecule has 0 bridgehead atoms. The van der Waals surface area contributed by atoms with E-state index in [4.69, 9.17) is 47.4 Å². The van der Waals surface area contributed by atoms with Crippen molar-refractivity contribution in [1.82, 2.24) is 0 Å². The van der Waals surface area contributed by atoms with Crippen molar-refractivity contribution in [2.75, 3.05) is 13.2 Å². The number of rotatable bonds is 15. The molecule has 4 fully saturated rings. The fourth-order valence-electron chi connectivity index (χ4n) is 8.64. The van der Waals surface area contributed by atoms with Gasteiger partial charge in [0.25, 0.3) is 0 Å². The molecule has 4 aliphatic heterocycles. The highest BCUT2D eigenvalue weighted by Crippen LogP contribution is 2.44. The van der Waals surface area contributed by atoms with Crippen LogP contribution in [0.1, 0.15) is 40.4 Å². The molecule has 0 spiro atoms. The number of hydrogen-bond donors (Lipinski definition) is 0. The normalized spacial score (nSPS) is 30.2. The predicted octanol–water partition coefficient (Wildman–Crippen LogP) is 9.60. The highest BCUT2D eigenvalue weighted by molar-refractivity contribution is 7.99. The molecule has 0 N–H and O–H groups in total. The van der Waals surface area contributed by atoms with Gasteiger partial charge in [-0.25, -0.2) is 0 Å². The maximum absolute atomic E-state index is 7.42. The molecule has 10 nitrogen and oxygen atoms in total. The number of hydrogen-bond acceptors (Lipinski definition) is 11. The lowest BCUT2D eigenvalue weighted by Gasteiger charge is -2.52. The maximum atomic E-state index is 7.42. The van der Waals surface area contributed by atoms with Gasteiger partial charge in [-0.3, -0.25) is 0 Å². The minimum absolute atomic E-state index is 0.238. The van der Waals surface area contributed by atoms with Gasteiger partial charge >= 0.3 is 0 Å². The Labute approximate surface area is 378 Å². The van der Waals surface area contributed by atoms with E-state index in [0.717, 1.165) is 32.7 Å². The zero-order valence-corrected chi connectivity index (χ0v) is 36.1. The third-order valence-electron chi connectivity index (χ3n) is 11.9. The van der Waals surface area contributed by atoms with E-state index in [1.54, 1.807) is 11.8 Å². The topological polar surface area (TPSA) is 92.3 Å². The molecule has 0 aliphatic carbocycles. The molecule has 10 rings (SSSR count). The van der Waals surface area contributed by atoms with Crippen molar-refractivity contribution in [2.45, 2.75) is 97.9 Å². The summed E-state index contributed by atoms with van der Waals surface area (Å²) in [6, 6.07) is 60.4. The van der Waals surface area contributed by atoms with Crippen molar-refractivity contribution < 1.29 is 47.4 Å². The minimum atomic E-state index is -0.983. The van der Waals surface area contributed by atoms with E-state index >= 15 is 0 Å². The van der Waals surface area contributed by atoms with Gasteiger partial charge in [0.15, 0.2) is 18.9 Å². The molecule has 4 heterocycles. The molecule has 0 aromatic heterocycles. The predicted molar refractivity (Wildman–Crippen MR) is 240 cm³/mol. The fraction of sp³-hybridized carbons (Fsp3) is 0.321. The largest absolute Gasteiger partial charge is 0.368 e. The van der Waals surface area contributed by atoms with E-state index < -0.39 is 73.1 Å². The quantitative estimate of drug-likeness (QED) is 0.0988. The summed E-state index contributed by atoms with van der Waals surface area (Å²) in [7, 11) is 0. The van der Waals surface area contributed by atoms with Crippen LogP contribution in [0.2, 0.25) is 0 Å². The van der Waals surface area contributed by atoms with E-state index in [9.17, 15) is 0 Å². The first-order valence-electron chi connectivity index (χ1n) is 22.0. The Bertz CT molecular complexity index is 2300. The Morgan fingerprint density at radius 1 is 0.406 bits per heavy atom. The maximum Gasteiger partial charge on any atom is 0.187 e. The lowest BCUT2D eigenvalue weighted by atomic mass is 9.95. The highest BCUT2D eigenvalue weighted by atomic mass is 32.2. The summed E-state index contributed by atoms with van der Waals surface area (Å²) in [5.74, 6) is 0. The van der Waals surface area contributed by atoms with Gasteiger partial charge in [0.1, 0.15) is 54.3 Å². The zero-order chi connectivity index (χ0) is 42.9. The lowest BCUT2D eigenvalue weighted by molar-refractivity contribution is -0.393. The first-order chi connectivity index (χ1) is 31.7. The van der Waals surface area contributed by atoms with Crippen LogP contribution in [0.15, 0.2) is 187 Å². The SMILES string of the molecule is c1ccc(CO[C@@H]2[C@H](OCc3ccccc3)[C@H](O[C@H]3[C@@H](OCc4ccccc4)[C@@H]4O[C@H](c5ccccc5)OC[C@H]4O[C@@H]3Sc3ccccc3)O[C@@H]3CO[C@@H](c4ccccc4)O[C@@H]23)cc1. The second-order valence-corrected chi connectivity index (χ2v) is 17.4. The first-order valence-corrected chi connectivity index (χ1v) is 22.9. The summed E-state index contributed by atoms with van der Waals surface area (Å²) in [5.41, 5.74) is 4.26. The van der Waals surface area contributed by atoms with E-state index in [1.807, 2.05) is 146 Å². The number of thioether (sulfide) groups is 1. The van der Waals surface area contributed by atoms with E-state index in [2.05, 4.69) is 36.4 Å². The summed E-state index contributed by atoms with van der Waals surface area (Å²) >= 11 is 1.56. The van der Waals surface area contributed by atoms with Crippen molar-refractivity contribution in [3.8, 4) is 0 Å². The van der Waals surface area contributed by atoms with E-state index in [1.165, 1.54) is 0 Å². The van der Waals surface area contributed by atoms with Crippen LogP contribution in [0, 0.1) is 0 Å². The van der Waals surface area contributed by atoms with Gasteiger partial charge in [-0.2, -0.15) is 0 Å². The van der Waals surface area contributed by atoms with Gasteiger partial charge in [0, 0.05) is 16.0 Å². The zero-order valence-electron chi connectivity index (χ0n) is 35.3. The summed E-state index contributed by atoms with van der Waals surface area (Å²) in [6.07, 6.45) is -7.22. The Morgan fingerprint density at radius 3 is 1.27 bits per heavy atom. The molecule has 6 aromatic rings. The molecule has 11 heteroatoms. The molecule has 0 saturated carbocycles. The summed E-state index contributed by atoms with van der Waals surface area (Å²) in [5, 5.41) is 0. The van der Waals surface area contributed by atoms with Crippen LogP contribution >= 0.6 is 11.8 Å². The summed E-state index contributed by atoms with van der Waals surface area (Å²) in [4.78, 5) is 1.01. The van der Waals surface area contributed by atoms with Crippen molar-refractivity contribution in [1.29, 1.82) is 0 Å². The van der Waals surface area contributed by atoms with Crippen molar-refractivity contribution >= 4 is 11.8 Å². The monoisotopic (exact) mass is 880 g/mol. The van der Waals surface area contributed by atoms with Gasteiger partial charge in [0.05, 0.1) is 33.0 Å². The van der Waals surface area contributed by atoms with Gasteiger partial charge in [0.2, 0.25) is 0 Å². The Kier molecular flexibility index (Phi) is 14.2. The standard InChI is InChI=1S/C53H52O10S/c1-7-19-36(20-8-1)31-54-46-44-42(34-57-50(61-44)39-25-13-4-14-26-39)59-52(48(46)56-33-38-23-11-3-12-24-38)63-49-47(55-32-37-21-9-2-10-22-37)45-43(60-53(49)64-41-29-17-6-18-30-41)35-58-51(62-45)40-27-15-5-16-28-40/h1-30,42-53H,31-35H2/t42-,43-,44-,45-,46+,47+,48+,49+,50-,51-,52+,53-/m1/s1. The second-order valence-electron chi connectivity index (χ2n) is 16.3. The first kappa shape index (κ1) is 43.2. The molecule has 0 radical (unpaired) electrons. The molecule has 4 aliphatic rings. The Balaban J connectivity index is 1.02. The number of benzene rings is 6. The van der Waals surface area contributed by atoms with Gasteiger partial charge in [-0.05, 0) is 28.8 Å². The van der Waals surface area contributed by atoms with Crippen LogP contribution < -0.4 is 0 Å². The van der Waals surface area contributed by atoms with Crippen LogP contribution in [-0.2, 0) is 67.2 Å². The van der Waals surface area contributed by atoms with E-state index in [-0.39, 0.29) is 13.2 Å². The van der Waals surface area contributed by atoms with Gasteiger partial charge in [-0.15, -0.1) is 0 Å². The fourth-order valence-corrected chi connectivity index (χ4v) is 9.78. The molecular weight excluding hydrogens is 829 g/mol. The average Bonchev–Trinajstić information content (AvgIpc) is 3.36. The molecule has 330 valence electrons. The summed E-state index contributed by atoms with van der Waals surface area (Å²) < 4.78 is 68.9. The van der Waals surface area contributed by atoms with E-state index in [0.29, 0.717) is 19.8 Å². The Hall–Kier alpha value is -4.73. The smallest absolute Gasteiger partial charge is 0.187 e. The molecule has 0 unspecified atom stereocenters. The minimum Gasteiger partial charge on any atom is -0.368 e. The van der Waals surface area contributed by atoms with Crippen LogP contribution in [-0.4, -0.2) is 73.8 Å². The van der Waals surface area contributed by atoms with Gasteiger partial charge < -0.3 is 47.4 Å². The van der Waals surface area contributed by atoms with Crippen molar-refractivity contribution in [3.05, 3.63) is 210 Å². The Morgan fingerprint density at radius 2 is 0.797 bits per heavy atom. The van der Waals surface area contributed by atoms with Crippen molar-refractivity contribution in [3.63, 3.8) is 0 Å². The third-order valence-corrected chi connectivity index (χ3v) is 13.0. The number of fused-ring (bicyclic) bond motifs is 2. The average molecular weight is 881 g/mol. The van der Waals surface area contributed by atoms with Crippen LogP contribution in [0.3, 0.4) is 0 Å². The third kappa shape index (κ3) is 10.4. The van der Waals surface area contributed by atoms with Crippen LogP contribution in [0.25, 0.3) is 0 Å². The van der Waals surface area contributed by atoms with Crippen LogP contribution in [0.4, 0.5) is 0 Å². The summed E-state index contributed by atoms with van der Waals surface area (Å²) in [6.45, 7) is 1.44. The molecule has 0 amide bonds. The molecular formula is C53H52O10S. The van der Waals surface area contributed by atoms with Crippen LogP contribution in [0.5, 0.6) is 0 Å². The van der Waals surface area contributed by atoms with Gasteiger partial charge in [-0.1, -0.05) is 182 Å². The number of ether oxygens (including phenoxy) is 10. The molecule has 64 heavy (non-hydrogen) atoms. The molecule has 6 aromatic carbocycles. The molecule has 4 saturated heterocycles. The molecule has 12 atom stereocenters. The second kappa shape index (κ2) is 21.1. The van der Waals surface area contributed by atoms with Crippen molar-refractivity contribution in [2.24, 2.45) is 0 Å². The highest BCUT2D eigenvalue weighted by Gasteiger charge is 2.57. The lowest BCUT2D eigenvalue weighted by Crippen LogP contribution is -2.67.